The Bertz CT molecular complexity index is 273. The molecule has 0 aromatic carbocycles. The monoisotopic (exact) mass is 260 g/mol. The summed E-state index contributed by atoms with van der Waals surface area (Å²) in [5.41, 5.74) is 8.05. The minimum atomic E-state index is -0.676. The Labute approximate surface area is 106 Å². The predicted molar refractivity (Wildman–Crippen MR) is 65.1 cm³/mol. The van der Waals surface area contributed by atoms with Gasteiger partial charge in [0.1, 0.15) is 12.6 Å². The van der Waals surface area contributed by atoms with Gasteiger partial charge < -0.3 is 26.0 Å². The summed E-state index contributed by atoms with van der Waals surface area (Å²) in [6.45, 7) is 0.434. The van der Waals surface area contributed by atoms with Gasteiger partial charge in [0, 0.05) is 19.8 Å². The number of hydroxylamine groups is 1. The van der Waals surface area contributed by atoms with Crippen molar-refractivity contribution in [3.8, 4) is 0 Å². The van der Waals surface area contributed by atoms with Gasteiger partial charge >= 0.3 is 12.1 Å². The largest absolute Gasteiger partial charge is 0.459 e. The molecule has 0 aromatic rings. The van der Waals surface area contributed by atoms with Crippen LogP contribution in [0.5, 0.6) is 0 Å². The van der Waals surface area contributed by atoms with Crippen molar-refractivity contribution in [3.05, 3.63) is 0 Å². The molecule has 0 radical (unpaired) electrons. The molecule has 0 aliphatic carbocycles. The van der Waals surface area contributed by atoms with E-state index in [1.54, 1.807) is 0 Å². The molecule has 0 fully saturated rings. The van der Waals surface area contributed by atoms with Crippen LogP contribution in [-0.4, -0.2) is 44.5 Å². The molecule has 104 valence electrons. The standard InChI is InChI=1S/C10H20N4O4/c1-13-10(16)18-14-6-3-2-4-8(12)9(15)17-7-5-11/h5,8,11,14H,2-4,6-7,12H2,1H3,(H,13,16)/t8-/m0/s1. The van der Waals surface area contributed by atoms with E-state index in [2.05, 4.69) is 20.4 Å². The number of hydrogen-bond acceptors (Lipinski definition) is 7. The van der Waals surface area contributed by atoms with Gasteiger partial charge in [0.05, 0.1) is 0 Å². The maximum absolute atomic E-state index is 11.2. The molecule has 0 unspecified atom stereocenters. The molecule has 18 heavy (non-hydrogen) atoms. The van der Waals surface area contributed by atoms with E-state index in [4.69, 9.17) is 11.1 Å². The zero-order valence-electron chi connectivity index (χ0n) is 10.4. The summed E-state index contributed by atoms with van der Waals surface area (Å²) in [4.78, 5) is 26.4. The van der Waals surface area contributed by atoms with E-state index in [1.165, 1.54) is 7.05 Å². The molecule has 8 heteroatoms. The number of rotatable bonds is 9. The van der Waals surface area contributed by atoms with Crippen LogP contribution in [0.1, 0.15) is 19.3 Å². The molecule has 0 saturated carbocycles. The van der Waals surface area contributed by atoms with Crippen LogP contribution in [-0.2, 0) is 14.4 Å². The van der Waals surface area contributed by atoms with Crippen LogP contribution in [0.15, 0.2) is 0 Å². The summed E-state index contributed by atoms with van der Waals surface area (Å²) in [6.07, 6.45) is 2.33. The van der Waals surface area contributed by atoms with Crippen molar-refractivity contribution in [1.29, 1.82) is 5.41 Å². The third-order valence-corrected chi connectivity index (χ3v) is 2.02. The van der Waals surface area contributed by atoms with Crippen molar-refractivity contribution in [3.63, 3.8) is 0 Å². The van der Waals surface area contributed by atoms with Gasteiger partial charge in [-0.3, -0.25) is 4.79 Å². The fourth-order valence-corrected chi connectivity index (χ4v) is 1.08. The van der Waals surface area contributed by atoms with Crippen LogP contribution >= 0.6 is 0 Å². The second-order valence-corrected chi connectivity index (χ2v) is 3.47. The molecule has 1 amide bonds. The molecule has 1 atom stereocenters. The van der Waals surface area contributed by atoms with Crippen molar-refractivity contribution in [2.45, 2.75) is 25.3 Å². The number of unbranched alkanes of at least 4 members (excludes halogenated alkanes) is 1. The lowest BCUT2D eigenvalue weighted by Gasteiger charge is -2.10. The van der Waals surface area contributed by atoms with Crippen molar-refractivity contribution in [2.75, 3.05) is 20.2 Å². The first-order valence-electron chi connectivity index (χ1n) is 5.64. The number of ether oxygens (including phenoxy) is 1. The number of esters is 1. The molecule has 0 aromatic heterocycles. The second kappa shape index (κ2) is 10.5. The lowest BCUT2D eigenvalue weighted by atomic mass is 10.1. The lowest BCUT2D eigenvalue weighted by Crippen LogP contribution is -2.33. The molecular formula is C10H20N4O4. The normalized spacial score (nSPS) is 11.4. The van der Waals surface area contributed by atoms with Crippen molar-refractivity contribution in [2.24, 2.45) is 5.73 Å². The van der Waals surface area contributed by atoms with E-state index in [0.29, 0.717) is 25.8 Å². The quantitative estimate of drug-likeness (QED) is 0.192. The van der Waals surface area contributed by atoms with Crippen LogP contribution < -0.4 is 16.5 Å². The van der Waals surface area contributed by atoms with Gasteiger partial charge in [-0.15, -0.1) is 0 Å². The number of nitrogens with one attached hydrogen (secondary N) is 3. The SMILES string of the molecule is CNC(=O)ONCCCC[C@H](N)C(=O)OCC=N. The van der Waals surface area contributed by atoms with Crippen molar-refractivity contribution in [1.82, 2.24) is 10.8 Å². The summed E-state index contributed by atoms with van der Waals surface area (Å²) in [7, 11) is 1.46. The van der Waals surface area contributed by atoms with Gasteiger partial charge in [-0.25, -0.2) is 4.79 Å². The maximum Gasteiger partial charge on any atom is 0.425 e. The lowest BCUT2D eigenvalue weighted by molar-refractivity contribution is -0.143. The van der Waals surface area contributed by atoms with Crippen molar-refractivity contribution >= 4 is 18.3 Å². The fourth-order valence-electron chi connectivity index (χ4n) is 1.08. The van der Waals surface area contributed by atoms with Crippen LogP contribution in [0.2, 0.25) is 0 Å². The summed E-state index contributed by atoms with van der Waals surface area (Å²) in [5.74, 6) is -0.506. The van der Waals surface area contributed by atoms with E-state index in [9.17, 15) is 9.59 Å². The van der Waals surface area contributed by atoms with Gasteiger partial charge in [0.2, 0.25) is 0 Å². The number of amides is 1. The first-order valence-corrected chi connectivity index (χ1v) is 5.64. The number of hydrogen-bond donors (Lipinski definition) is 4. The highest BCUT2D eigenvalue weighted by Crippen LogP contribution is 2.00. The molecular weight excluding hydrogens is 240 g/mol. The Morgan fingerprint density at radius 2 is 2.17 bits per heavy atom. The van der Waals surface area contributed by atoms with E-state index in [-0.39, 0.29) is 6.61 Å². The van der Waals surface area contributed by atoms with Gasteiger partial charge in [0.15, 0.2) is 0 Å². The minimum absolute atomic E-state index is 0.0476. The Kier molecular flexibility index (Phi) is 9.51. The molecule has 8 nitrogen and oxygen atoms in total. The fraction of sp³-hybridized carbons (Fsp3) is 0.700. The second-order valence-electron chi connectivity index (χ2n) is 3.47. The first kappa shape index (κ1) is 16.3. The highest BCUT2D eigenvalue weighted by Gasteiger charge is 2.13. The highest BCUT2D eigenvalue weighted by atomic mass is 16.7. The van der Waals surface area contributed by atoms with Crippen LogP contribution in [0.4, 0.5) is 4.79 Å². The molecule has 0 saturated heterocycles. The molecule has 0 aliphatic rings. The van der Waals surface area contributed by atoms with Gasteiger partial charge in [-0.1, -0.05) is 0 Å². The van der Waals surface area contributed by atoms with E-state index in [1.807, 2.05) is 0 Å². The average molecular weight is 260 g/mol. The number of nitrogens with two attached hydrogens (primary N) is 1. The minimum Gasteiger partial charge on any atom is -0.459 e. The smallest absolute Gasteiger partial charge is 0.425 e. The number of carbonyl (C=O) groups excluding carboxylic acids is 2. The summed E-state index contributed by atoms with van der Waals surface area (Å²) in [5, 5.41) is 8.99. The molecule has 0 bridgehead atoms. The van der Waals surface area contributed by atoms with Gasteiger partial charge in [-0.2, -0.15) is 5.48 Å². The van der Waals surface area contributed by atoms with Crippen molar-refractivity contribution < 1.29 is 19.2 Å². The van der Waals surface area contributed by atoms with E-state index >= 15 is 0 Å². The Morgan fingerprint density at radius 3 is 2.78 bits per heavy atom. The summed E-state index contributed by atoms with van der Waals surface area (Å²) >= 11 is 0. The molecule has 0 spiro atoms. The predicted octanol–water partition coefficient (Wildman–Crippen LogP) is -0.463. The molecule has 0 heterocycles. The van der Waals surface area contributed by atoms with E-state index < -0.39 is 18.1 Å². The molecule has 0 aliphatic heterocycles. The first-order chi connectivity index (χ1) is 8.61. The third kappa shape index (κ3) is 8.48. The van der Waals surface area contributed by atoms with Crippen LogP contribution in [0.3, 0.4) is 0 Å². The average Bonchev–Trinajstić information content (AvgIpc) is 2.39. The van der Waals surface area contributed by atoms with Crippen LogP contribution in [0.25, 0.3) is 0 Å². The topological polar surface area (TPSA) is 127 Å². The third-order valence-electron chi connectivity index (χ3n) is 2.02. The summed E-state index contributed by atoms with van der Waals surface area (Å²) < 4.78 is 4.68. The Hall–Kier alpha value is -1.67. The Morgan fingerprint density at radius 1 is 1.44 bits per heavy atom. The maximum atomic E-state index is 11.2. The summed E-state index contributed by atoms with van der Waals surface area (Å²) in [6, 6.07) is -0.676. The van der Waals surface area contributed by atoms with E-state index in [0.717, 1.165) is 6.21 Å². The molecule has 0 rings (SSSR count). The highest BCUT2D eigenvalue weighted by molar-refractivity contribution is 5.76. The van der Waals surface area contributed by atoms with Gasteiger partial charge in [-0.05, 0) is 19.3 Å². The van der Waals surface area contributed by atoms with Crippen LogP contribution in [0, 0.1) is 5.41 Å². The zero-order chi connectivity index (χ0) is 13.8. The van der Waals surface area contributed by atoms with Gasteiger partial charge in [0.25, 0.3) is 0 Å². The number of carbonyl (C=O) groups is 2. The Balaban J connectivity index is 3.45. The molecule has 5 N–H and O–H groups in total. The zero-order valence-corrected chi connectivity index (χ0v) is 10.4.